The second-order valence-electron chi connectivity index (χ2n) is 6.60. The van der Waals surface area contributed by atoms with E-state index >= 15 is 0 Å². The van der Waals surface area contributed by atoms with Gasteiger partial charge in [0.2, 0.25) is 0 Å². The van der Waals surface area contributed by atoms with Gasteiger partial charge in [-0.05, 0) is 29.5 Å². The molecular weight excluding hydrogens is 250 g/mol. The maximum absolute atomic E-state index is 9.85. The number of hydrogen-bond donors (Lipinski definition) is 0. The predicted octanol–water partition coefficient (Wildman–Crippen LogP) is 4.83. The first kappa shape index (κ1) is 16.5. The summed E-state index contributed by atoms with van der Waals surface area (Å²) < 4.78 is 5.46. The molecule has 0 aromatic rings. The van der Waals surface area contributed by atoms with Crippen molar-refractivity contribution in [3.63, 3.8) is 0 Å². The Bertz CT molecular complexity index is 347. The molecule has 0 saturated carbocycles. The summed E-state index contributed by atoms with van der Waals surface area (Å²) in [5.74, 6) is 0. The van der Waals surface area contributed by atoms with Crippen molar-refractivity contribution in [1.29, 1.82) is 5.26 Å². The van der Waals surface area contributed by atoms with Crippen molar-refractivity contribution in [1.82, 2.24) is 0 Å². The van der Waals surface area contributed by atoms with E-state index in [9.17, 15) is 5.26 Å². The average molecular weight is 280 g/mol. The van der Waals surface area contributed by atoms with E-state index in [4.69, 9.17) is 4.74 Å². The fourth-order valence-corrected chi connectivity index (χ4v) is 11.0. The van der Waals surface area contributed by atoms with Crippen molar-refractivity contribution in [2.75, 3.05) is 13.2 Å². The van der Waals surface area contributed by atoms with Gasteiger partial charge in [0.15, 0.2) is 0 Å². The SMILES string of the molecule is CC(C)[Si](C(C#N)=C1CCOCC1)(C(C)C)C(C)C. The van der Waals surface area contributed by atoms with E-state index in [0.717, 1.165) is 26.1 Å². The van der Waals surface area contributed by atoms with Gasteiger partial charge in [0, 0.05) is 5.20 Å². The maximum atomic E-state index is 9.85. The van der Waals surface area contributed by atoms with Gasteiger partial charge in [0.05, 0.1) is 19.3 Å². The molecule has 1 saturated heterocycles. The Hall–Kier alpha value is -0.593. The molecule has 1 aliphatic heterocycles. The molecular formula is C16H29NOSi. The van der Waals surface area contributed by atoms with Crippen LogP contribution in [-0.2, 0) is 4.74 Å². The fraction of sp³-hybridized carbons (Fsp3) is 0.812. The number of nitriles is 1. The molecule has 0 aliphatic carbocycles. The first-order chi connectivity index (χ1) is 8.88. The topological polar surface area (TPSA) is 33.0 Å². The molecule has 108 valence electrons. The highest BCUT2D eigenvalue weighted by Gasteiger charge is 2.47. The van der Waals surface area contributed by atoms with Crippen LogP contribution in [0, 0.1) is 11.3 Å². The molecule has 0 bridgehead atoms. The zero-order chi connectivity index (χ0) is 14.6. The van der Waals surface area contributed by atoms with E-state index in [1.165, 1.54) is 10.8 Å². The number of allylic oxidation sites excluding steroid dienone is 1. The van der Waals surface area contributed by atoms with Crippen LogP contribution in [0.15, 0.2) is 10.8 Å². The number of hydrogen-bond acceptors (Lipinski definition) is 2. The van der Waals surface area contributed by atoms with Crippen LogP contribution in [0.1, 0.15) is 54.4 Å². The zero-order valence-corrected chi connectivity index (χ0v) is 14.4. The van der Waals surface area contributed by atoms with Crippen LogP contribution in [0.3, 0.4) is 0 Å². The van der Waals surface area contributed by atoms with Gasteiger partial charge in [-0.2, -0.15) is 5.26 Å². The quantitative estimate of drug-likeness (QED) is 0.545. The highest BCUT2D eigenvalue weighted by Crippen LogP contribution is 2.47. The maximum Gasteiger partial charge on any atom is 0.108 e. The highest BCUT2D eigenvalue weighted by molar-refractivity contribution is 6.90. The average Bonchev–Trinajstić information content (AvgIpc) is 2.35. The lowest BCUT2D eigenvalue weighted by Gasteiger charge is -2.44. The summed E-state index contributed by atoms with van der Waals surface area (Å²) in [5, 5.41) is 11.0. The summed E-state index contributed by atoms with van der Waals surface area (Å²) in [5.41, 5.74) is 3.23. The van der Waals surface area contributed by atoms with Crippen LogP contribution < -0.4 is 0 Å². The molecule has 0 radical (unpaired) electrons. The molecule has 0 N–H and O–H groups in total. The predicted molar refractivity (Wildman–Crippen MR) is 83.7 cm³/mol. The first-order valence-electron chi connectivity index (χ1n) is 7.59. The minimum Gasteiger partial charge on any atom is -0.381 e. The Balaban J connectivity index is 3.40. The van der Waals surface area contributed by atoms with Gasteiger partial charge in [0.25, 0.3) is 0 Å². The lowest BCUT2D eigenvalue weighted by molar-refractivity contribution is 0.119. The Morgan fingerprint density at radius 2 is 1.42 bits per heavy atom. The second kappa shape index (κ2) is 6.72. The van der Waals surface area contributed by atoms with Gasteiger partial charge in [-0.25, -0.2) is 0 Å². The largest absolute Gasteiger partial charge is 0.381 e. The molecule has 0 spiro atoms. The van der Waals surface area contributed by atoms with E-state index in [0.29, 0.717) is 16.6 Å². The lowest BCUT2D eigenvalue weighted by atomic mass is 10.1. The smallest absolute Gasteiger partial charge is 0.108 e. The summed E-state index contributed by atoms with van der Waals surface area (Å²) in [6.45, 7) is 15.5. The van der Waals surface area contributed by atoms with Crippen molar-refractivity contribution in [2.24, 2.45) is 0 Å². The van der Waals surface area contributed by atoms with Crippen LogP contribution in [0.2, 0.25) is 16.6 Å². The normalized spacial score (nSPS) is 17.2. The fourth-order valence-electron chi connectivity index (χ4n) is 4.22. The summed E-state index contributed by atoms with van der Waals surface area (Å²) in [6, 6.07) is 2.64. The first-order valence-corrected chi connectivity index (χ1v) is 9.82. The molecule has 0 unspecified atom stereocenters. The lowest BCUT2D eigenvalue weighted by Crippen LogP contribution is -2.47. The Kier molecular flexibility index (Phi) is 5.82. The minimum absolute atomic E-state index is 0.609. The molecule has 3 heteroatoms. The highest BCUT2D eigenvalue weighted by atomic mass is 28.3. The molecule has 0 amide bonds. The van der Waals surface area contributed by atoms with Crippen LogP contribution >= 0.6 is 0 Å². The number of ether oxygens (including phenoxy) is 1. The van der Waals surface area contributed by atoms with Gasteiger partial charge in [-0.3, -0.25) is 0 Å². The zero-order valence-electron chi connectivity index (χ0n) is 13.4. The van der Waals surface area contributed by atoms with Crippen molar-refractivity contribution in [2.45, 2.75) is 71.0 Å². The van der Waals surface area contributed by atoms with Crippen LogP contribution in [0.5, 0.6) is 0 Å². The van der Waals surface area contributed by atoms with E-state index < -0.39 is 8.07 Å². The standard InChI is InChI=1S/C16H29NOSi/c1-12(2)19(13(3)4,14(5)6)16(11-17)15-7-9-18-10-8-15/h12-14H,7-10H2,1-6H3. The Morgan fingerprint density at radius 3 is 1.74 bits per heavy atom. The Morgan fingerprint density at radius 1 is 1.00 bits per heavy atom. The number of rotatable bonds is 4. The third-order valence-electron chi connectivity index (χ3n) is 4.86. The Labute approximate surface area is 119 Å². The summed E-state index contributed by atoms with van der Waals surface area (Å²) in [4.78, 5) is 0. The molecule has 0 atom stereocenters. The molecule has 0 aromatic carbocycles. The van der Waals surface area contributed by atoms with Crippen molar-refractivity contribution >= 4 is 8.07 Å². The van der Waals surface area contributed by atoms with Crippen LogP contribution in [0.4, 0.5) is 0 Å². The molecule has 0 aromatic heterocycles. The van der Waals surface area contributed by atoms with Crippen LogP contribution in [-0.4, -0.2) is 21.3 Å². The molecule has 1 fully saturated rings. The molecule has 1 aliphatic rings. The van der Waals surface area contributed by atoms with E-state index in [2.05, 4.69) is 47.6 Å². The van der Waals surface area contributed by atoms with Crippen molar-refractivity contribution < 1.29 is 4.74 Å². The second-order valence-corrected chi connectivity index (χ2v) is 12.4. The third-order valence-corrected chi connectivity index (χ3v) is 11.9. The van der Waals surface area contributed by atoms with E-state index in [-0.39, 0.29) is 0 Å². The summed E-state index contributed by atoms with van der Waals surface area (Å²) in [7, 11) is -1.78. The minimum atomic E-state index is -1.78. The molecule has 1 heterocycles. The van der Waals surface area contributed by atoms with Crippen molar-refractivity contribution in [3.05, 3.63) is 10.8 Å². The number of nitrogens with zero attached hydrogens (tertiary/aromatic N) is 1. The van der Waals surface area contributed by atoms with Crippen LogP contribution in [0.25, 0.3) is 0 Å². The van der Waals surface area contributed by atoms with Gasteiger partial charge >= 0.3 is 0 Å². The van der Waals surface area contributed by atoms with Crippen molar-refractivity contribution in [3.8, 4) is 6.07 Å². The molecule has 19 heavy (non-hydrogen) atoms. The third kappa shape index (κ3) is 2.95. The van der Waals surface area contributed by atoms with E-state index in [1.54, 1.807) is 0 Å². The van der Waals surface area contributed by atoms with Gasteiger partial charge in [-0.1, -0.05) is 47.1 Å². The van der Waals surface area contributed by atoms with Gasteiger partial charge in [-0.15, -0.1) is 0 Å². The summed E-state index contributed by atoms with van der Waals surface area (Å²) in [6.07, 6.45) is 1.92. The summed E-state index contributed by atoms with van der Waals surface area (Å²) >= 11 is 0. The van der Waals surface area contributed by atoms with Gasteiger partial charge < -0.3 is 4.74 Å². The van der Waals surface area contributed by atoms with Gasteiger partial charge in [0.1, 0.15) is 8.07 Å². The molecule has 2 nitrogen and oxygen atoms in total. The molecule has 1 rings (SSSR count). The monoisotopic (exact) mass is 279 g/mol. The van der Waals surface area contributed by atoms with E-state index in [1.807, 2.05) is 0 Å².